The number of nitrogens with one attached hydrogen (secondary N) is 1. The largest absolute Gasteiger partial charge is 0.506 e. The molecule has 0 aromatic heterocycles. The van der Waals surface area contributed by atoms with Gasteiger partial charge in [-0.3, -0.25) is 9.59 Å². The molecule has 0 saturated heterocycles. The van der Waals surface area contributed by atoms with Crippen LogP contribution in [-0.4, -0.2) is 31.1 Å². The first kappa shape index (κ1) is 18.6. The normalized spacial score (nSPS) is 10.4. The maximum atomic E-state index is 11.8. The summed E-state index contributed by atoms with van der Waals surface area (Å²) in [6, 6.07) is 6.73. The molecule has 2 rings (SSSR count). The standard InChI is InChI=1S/C18H19ClN2O4/c1-9-11(8-13(17(20)23)16(22)15(9)19)6-10-4-5-12(18(24)21-2)14(7-10)25-3/h4-5,7-8,22H,6H2,1-3H3,(H2,20,23)(H,21,24). The molecule has 0 aliphatic rings. The molecule has 0 spiro atoms. The summed E-state index contributed by atoms with van der Waals surface area (Å²) in [4.78, 5) is 23.3. The topological polar surface area (TPSA) is 102 Å². The van der Waals surface area contributed by atoms with Gasteiger partial charge in [0.15, 0.2) is 0 Å². The van der Waals surface area contributed by atoms with Gasteiger partial charge >= 0.3 is 0 Å². The summed E-state index contributed by atoms with van der Waals surface area (Å²) in [6.45, 7) is 1.75. The quantitative estimate of drug-likeness (QED) is 0.760. The molecule has 2 amide bonds. The van der Waals surface area contributed by atoms with Gasteiger partial charge in [0, 0.05) is 7.05 Å². The predicted molar refractivity (Wildman–Crippen MR) is 95.6 cm³/mol. The van der Waals surface area contributed by atoms with Gasteiger partial charge in [-0.05, 0) is 48.2 Å². The molecule has 0 radical (unpaired) electrons. The fourth-order valence-corrected chi connectivity index (χ4v) is 2.77. The van der Waals surface area contributed by atoms with E-state index in [1.807, 2.05) is 0 Å². The van der Waals surface area contributed by atoms with Crippen molar-refractivity contribution in [3.05, 3.63) is 57.1 Å². The highest BCUT2D eigenvalue weighted by Gasteiger charge is 2.18. The van der Waals surface area contributed by atoms with Gasteiger partial charge in [0.2, 0.25) is 0 Å². The van der Waals surface area contributed by atoms with Crippen molar-refractivity contribution < 1.29 is 19.4 Å². The molecule has 4 N–H and O–H groups in total. The number of amides is 2. The van der Waals surface area contributed by atoms with Crippen molar-refractivity contribution in [3.63, 3.8) is 0 Å². The van der Waals surface area contributed by atoms with Crippen molar-refractivity contribution >= 4 is 23.4 Å². The first-order valence-corrected chi connectivity index (χ1v) is 7.87. The van der Waals surface area contributed by atoms with Gasteiger partial charge in [0.25, 0.3) is 11.8 Å². The van der Waals surface area contributed by atoms with Gasteiger partial charge in [-0.1, -0.05) is 17.7 Å². The molecule has 0 heterocycles. The van der Waals surface area contributed by atoms with E-state index in [0.717, 1.165) is 11.1 Å². The van der Waals surface area contributed by atoms with E-state index in [4.69, 9.17) is 22.1 Å². The van der Waals surface area contributed by atoms with Gasteiger partial charge in [0.1, 0.15) is 11.5 Å². The molecule has 132 valence electrons. The maximum absolute atomic E-state index is 11.8. The monoisotopic (exact) mass is 362 g/mol. The van der Waals surface area contributed by atoms with Crippen molar-refractivity contribution in [2.45, 2.75) is 13.3 Å². The second kappa shape index (κ2) is 7.44. The average Bonchev–Trinajstić information content (AvgIpc) is 2.60. The smallest absolute Gasteiger partial charge is 0.254 e. The zero-order valence-electron chi connectivity index (χ0n) is 14.1. The highest BCUT2D eigenvalue weighted by molar-refractivity contribution is 6.33. The molecule has 0 aliphatic carbocycles. The third kappa shape index (κ3) is 3.69. The van der Waals surface area contributed by atoms with Crippen LogP contribution in [0, 0.1) is 6.92 Å². The van der Waals surface area contributed by atoms with Crippen LogP contribution in [0.2, 0.25) is 5.02 Å². The number of carbonyl (C=O) groups excluding carboxylic acids is 2. The maximum Gasteiger partial charge on any atom is 0.254 e. The molecule has 0 saturated carbocycles. The Balaban J connectivity index is 2.46. The number of methoxy groups -OCH3 is 1. The lowest BCUT2D eigenvalue weighted by Gasteiger charge is -2.14. The van der Waals surface area contributed by atoms with Crippen molar-refractivity contribution in [2.24, 2.45) is 5.73 Å². The van der Waals surface area contributed by atoms with Crippen LogP contribution in [0.4, 0.5) is 0 Å². The molecule has 0 bridgehead atoms. The average molecular weight is 363 g/mol. The van der Waals surface area contributed by atoms with Crippen molar-refractivity contribution in [1.29, 1.82) is 0 Å². The zero-order chi connectivity index (χ0) is 18.7. The van der Waals surface area contributed by atoms with Crippen molar-refractivity contribution in [3.8, 4) is 11.5 Å². The van der Waals surface area contributed by atoms with E-state index in [1.165, 1.54) is 13.2 Å². The molecule has 6 nitrogen and oxygen atoms in total. The number of nitrogens with two attached hydrogens (primary N) is 1. The Labute approximate surface area is 150 Å². The molecule has 0 unspecified atom stereocenters. The third-order valence-corrected chi connectivity index (χ3v) is 4.45. The molecular formula is C18H19ClN2O4. The van der Waals surface area contributed by atoms with Gasteiger partial charge in [-0.25, -0.2) is 0 Å². The summed E-state index contributed by atoms with van der Waals surface area (Å²) in [6.07, 6.45) is 0.427. The minimum atomic E-state index is -0.756. The second-order valence-corrected chi connectivity index (χ2v) is 5.90. The van der Waals surface area contributed by atoms with E-state index < -0.39 is 5.91 Å². The summed E-state index contributed by atoms with van der Waals surface area (Å²) in [7, 11) is 3.03. The number of halogens is 1. The SMILES string of the molecule is CNC(=O)c1ccc(Cc2cc(C(N)=O)c(O)c(Cl)c2C)cc1OC. The number of hydrogen-bond acceptors (Lipinski definition) is 4. The summed E-state index contributed by atoms with van der Waals surface area (Å²) in [5, 5.41) is 12.6. The summed E-state index contributed by atoms with van der Waals surface area (Å²) >= 11 is 6.11. The highest BCUT2D eigenvalue weighted by atomic mass is 35.5. The van der Waals surface area contributed by atoms with Crippen LogP contribution in [0.15, 0.2) is 24.3 Å². The van der Waals surface area contributed by atoms with E-state index in [9.17, 15) is 14.7 Å². The van der Waals surface area contributed by atoms with E-state index in [2.05, 4.69) is 5.32 Å². The number of aromatic hydroxyl groups is 1. The van der Waals surface area contributed by atoms with Crippen LogP contribution in [0.1, 0.15) is 37.4 Å². The number of primary amides is 1. The Hall–Kier alpha value is -2.73. The van der Waals surface area contributed by atoms with Gasteiger partial charge < -0.3 is 20.9 Å². The minimum absolute atomic E-state index is 0.0282. The van der Waals surface area contributed by atoms with E-state index in [-0.39, 0.29) is 22.2 Å². The predicted octanol–water partition coefficient (Wildman–Crippen LogP) is 2.41. The van der Waals surface area contributed by atoms with E-state index in [0.29, 0.717) is 23.3 Å². The van der Waals surface area contributed by atoms with Gasteiger partial charge in [-0.15, -0.1) is 0 Å². The van der Waals surface area contributed by atoms with Crippen LogP contribution in [0.3, 0.4) is 0 Å². The van der Waals surface area contributed by atoms with E-state index >= 15 is 0 Å². The molecule has 0 fully saturated rings. The lowest BCUT2D eigenvalue weighted by Crippen LogP contribution is -2.18. The van der Waals surface area contributed by atoms with Crippen molar-refractivity contribution in [2.75, 3.05) is 14.2 Å². The molecule has 2 aromatic carbocycles. The Morgan fingerprint density at radius 1 is 1.28 bits per heavy atom. The molecular weight excluding hydrogens is 344 g/mol. The molecule has 0 aliphatic heterocycles. The summed E-state index contributed by atoms with van der Waals surface area (Å²) in [5.74, 6) is -0.881. The number of carbonyl (C=O) groups is 2. The number of ether oxygens (including phenoxy) is 1. The Kier molecular flexibility index (Phi) is 5.54. The molecule has 25 heavy (non-hydrogen) atoms. The highest BCUT2D eigenvalue weighted by Crippen LogP contribution is 2.34. The number of hydrogen-bond donors (Lipinski definition) is 3. The number of benzene rings is 2. The zero-order valence-corrected chi connectivity index (χ0v) is 14.9. The number of rotatable bonds is 5. The molecule has 7 heteroatoms. The van der Waals surface area contributed by atoms with E-state index in [1.54, 1.807) is 32.2 Å². The van der Waals surface area contributed by atoms with Crippen LogP contribution in [0.5, 0.6) is 11.5 Å². The second-order valence-electron chi connectivity index (χ2n) is 5.53. The van der Waals surface area contributed by atoms with Crippen LogP contribution in [-0.2, 0) is 6.42 Å². The first-order chi connectivity index (χ1) is 11.8. The summed E-state index contributed by atoms with van der Waals surface area (Å²) in [5.41, 5.74) is 7.93. The Morgan fingerprint density at radius 3 is 2.52 bits per heavy atom. The lowest BCUT2D eigenvalue weighted by molar-refractivity contribution is 0.0958. The fraction of sp³-hybridized carbons (Fsp3) is 0.222. The third-order valence-electron chi connectivity index (χ3n) is 3.99. The van der Waals surface area contributed by atoms with Gasteiger partial charge in [-0.2, -0.15) is 0 Å². The minimum Gasteiger partial charge on any atom is -0.506 e. The van der Waals surface area contributed by atoms with Crippen LogP contribution in [0.25, 0.3) is 0 Å². The Morgan fingerprint density at radius 2 is 1.96 bits per heavy atom. The van der Waals surface area contributed by atoms with Gasteiger partial charge in [0.05, 0.1) is 23.3 Å². The summed E-state index contributed by atoms with van der Waals surface area (Å²) < 4.78 is 5.28. The molecule has 0 atom stereocenters. The first-order valence-electron chi connectivity index (χ1n) is 7.49. The Bertz CT molecular complexity index is 849. The fourth-order valence-electron chi connectivity index (χ4n) is 2.55. The molecule has 2 aromatic rings. The van der Waals surface area contributed by atoms with Crippen LogP contribution < -0.4 is 15.8 Å². The van der Waals surface area contributed by atoms with Crippen LogP contribution >= 0.6 is 11.6 Å². The number of phenols is 1. The lowest BCUT2D eigenvalue weighted by atomic mass is 9.96. The van der Waals surface area contributed by atoms with Crippen molar-refractivity contribution in [1.82, 2.24) is 5.32 Å².